The van der Waals surface area contributed by atoms with Crippen LogP contribution in [0.3, 0.4) is 0 Å². The molecule has 1 N–H and O–H groups in total. The van der Waals surface area contributed by atoms with E-state index in [0.29, 0.717) is 6.73 Å². The zero-order chi connectivity index (χ0) is 7.68. The van der Waals surface area contributed by atoms with Gasteiger partial charge in [0, 0.05) is 11.3 Å². The summed E-state index contributed by atoms with van der Waals surface area (Å²) in [6.07, 6.45) is 0. The molecule has 2 heteroatoms. The number of aryl methyl sites for hydroxylation is 1. The lowest BCUT2D eigenvalue weighted by Gasteiger charge is -2.18. The van der Waals surface area contributed by atoms with E-state index in [-0.39, 0.29) is 0 Å². The van der Waals surface area contributed by atoms with E-state index in [4.69, 9.17) is 4.74 Å². The lowest BCUT2D eigenvalue weighted by molar-refractivity contribution is 0.130. The van der Waals surface area contributed by atoms with Crippen molar-refractivity contribution in [2.75, 3.05) is 12.0 Å². The van der Waals surface area contributed by atoms with E-state index in [9.17, 15) is 0 Å². The van der Waals surface area contributed by atoms with Crippen LogP contribution in [0.15, 0.2) is 18.2 Å². The van der Waals surface area contributed by atoms with Crippen molar-refractivity contribution in [3.8, 4) is 0 Å². The molecule has 0 aliphatic carbocycles. The molecule has 0 amide bonds. The van der Waals surface area contributed by atoms with E-state index in [2.05, 4.69) is 30.4 Å². The highest BCUT2D eigenvalue weighted by molar-refractivity contribution is 5.53. The maximum absolute atomic E-state index is 5.24. The second-order valence-corrected chi connectivity index (χ2v) is 2.83. The lowest BCUT2D eigenvalue weighted by atomic mass is 10.1. The molecule has 0 radical (unpaired) electrons. The van der Waals surface area contributed by atoms with E-state index < -0.39 is 0 Å². The van der Waals surface area contributed by atoms with Gasteiger partial charge >= 0.3 is 0 Å². The van der Waals surface area contributed by atoms with Crippen molar-refractivity contribution in [2.45, 2.75) is 13.5 Å². The highest BCUT2D eigenvalue weighted by atomic mass is 16.5. The first kappa shape index (κ1) is 6.68. The number of nitrogens with one attached hydrogen (secondary N) is 1. The standard InChI is InChI=1S/C9H11NO/c1-7-2-3-9-8(4-7)5-11-6-10-9/h2-4,10H,5-6H2,1H3. The Hall–Kier alpha value is -1.02. The van der Waals surface area contributed by atoms with Gasteiger partial charge in [0.2, 0.25) is 0 Å². The Morgan fingerprint density at radius 1 is 1.45 bits per heavy atom. The molecule has 11 heavy (non-hydrogen) atoms. The Morgan fingerprint density at radius 2 is 2.36 bits per heavy atom. The quantitative estimate of drug-likeness (QED) is 0.608. The van der Waals surface area contributed by atoms with Crippen LogP contribution in [0.2, 0.25) is 0 Å². The van der Waals surface area contributed by atoms with Gasteiger partial charge in [-0.05, 0) is 13.0 Å². The summed E-state index contributed by atoms with van der Waals surface area (Å²) in [5.74, 6) is 0. The highest BCUT2D eigenvalue weighted by Crippen LogP contribution is 2.20. The average molecular weight is 149 g/mol. The molecule has 2 nitrogen and oxygen atoms in total. The molecule has 58 valence electrons. The third kappa shape index (κ3) is 1.21. The van der Waals surface area contributed by atoms with Crippen LogP contribution in [0.1, 0.15) is 11.1 Å². The molecule has 1 heterocycles. The molecule has 1 aromatic rings. The zero-order valence-electron chi connectivity index (χ0n) is 6.55. The first-order valence-electron chi connectivity index (χ1n) is 3.77. The molecule has 0 saturated carbocycles. The van der Waals surface area contributed by atoms with Crippen molar-refractivity contribution < 1.29 is 4.74 Å². The molecule has 0 unspecified atom stereocenters. The fraction of sp³-hybridized carbons (Fsp3) is 0.333. The second kappa shape index (κ2) is 2.55. The van der Waals surface area contributed by atoms with Crippen molar-refractivity contribution >= 4 is 5.69 Å². The van der Waals surface area contributed by atoms with E-state index in [1.807, 2.05) is 0 Å². The van der Waals surface area contributed by atoms with Crippen LogP contribution in [0.5, 0.6) is 0 Å². The summed E-state index contributed by atoms with van der Waals surface area (Å²) in [6.45, 7) is 3.47. The van der Waals surface area contributed by atoms with Crippen LogP contribution in [-0.2, 0) is 11.3 Å². The third-order valence-corrected chi connectivity index (χ3v) is 1.88. The Bertz CT molecular complexity index is 270. The molecule has 1 aliphatic heterocycles. The van der Waals surface area contributed by atoms with E-state index in [1.165, 1.54) is 16.8 Å². The van der Waals surface area contributed by atoms with Gasteiger partial charge in [0.25, 0.3) is 0 Å². The summed E-state index contributed by atoms with van der Waals surface area (Å²) in [6, 6.07) is 6.37. The zero-order valence-corrected chi connectivity index (χ0v) is 6.55. The highest BCUT2D eigenvalue weighted by Gasteiger charge is 2.06. The number of rotatable bonds is 0. The van der Waals surface area contributed by atoms with Gasteiger partial charge in [-0.3, -0.25) is 0 Å². The molecule has 0 fully saturated rings. The van der Waals surface area contributed by atoms with Gasteiger partial charge in [-0.25, -0.2) is 0 Å². The molecular weight excluding hydrogens is 138 g/mol. The molecule has 1 aliphatic rings. The largest absolute Gasteiger partial charge is 0.362 e. The normalized spacial score (nSPS) is 15.4. The van der Waals surface area contributed by atoms with E-state index >= 15 is 0 Å². The molecule has 1 aromatic carbocycles. The van der Waals surface area contributed by atoms with Gasteiger partial charge in [0.15, 0.2) is 0 Å². The van der Waals surface area contributed by atoms with Crippen molar-refractivity contribution in [1.29, 1.82) is 0 Å². The van der Waals surface area contributed by atoms with E-state index in [0.717, 1.165) is 6.61 Å². The van der Waals surface area contributed by atoms with Gasteiger partial charge in [-0.2, -0.15) is 0 Å². The molecule has 0 spiro atoms. The smallest absolute Gasteiger partial charge is 0.116 e. The predicted octanol–water partition coefficient (Wildman–Crippen LogP) is 1.89. The summed E-state index contributed by atoms with van der Waals surface area (Å²) >= 11 is 0. The maximum atomic E-state index is 5.24. The van der Waals surface area contributed by atoms with Crippen LogP contribution in [0.25, 0.3) is 0 Å². The molecular formula is C9H11NO. The minimum atomic E-state index is 0.635. The Balaban J connectivity index is 2.43. The van der Waals surface area contributed by atoms with Gasteiger partial charge in [0.1, 0.15) is 6.73 Å². The number of benzene rings is 1. The van der Waals surface area contributed by atoms with Crippen LogP contribution in [0, 0.1) is 6.92 Å². The first-order chi connectivity index (χ1) is 5.36. The Kier molecular flexibility index (Phi) is 1.55. The molecule has 0 saturated heterocycles. The maximum Gasteiger partial charge on any atom is 0.116 e. The molecule has 0 bridgehead atoms. The van der Waals surface area contributed by atoms with Crippen molar-refractivity contribution in [1.82, 2.24) is 0 Å². The summed E-state index contributed by atoms with van der Waals surface area (Å²) < 4.78 is 5.24. The number of fused-ring (bicyclic) bond motifs is 1. The van der Waals surface area contributed by atoms with Crippen molar-refractivity contribution in [3.05, 3.63) is 29.3 Å². The number of hydrogen-bond donors (Lipinski definition) is 1. The Labute approximate surface area is 66.2 Å². The average Bonchev–Trinajstić information content (AvgIpc) is 2.04. The fourth-order valence-corrected chi connectivity index (χ4v) is 1.30. The van der Waals surface area contributed by atoms with Crippen LogP contribution < -0.4 is 5.32 Å². The number of anilines is 1. The monoisotopic (exact) mass is 149 g/mol. The van der Waals surface area contributed by atoms with Gasteiger partial charge in [-0.15, -0.1) is 0 Å². The van der Waals surface area contributed by atoms with Crippen molar-refractivity contribution in [3.63, 3.8) is 0 Å². The lowest BCUT2D eigenvalue weighted by Crippen LogP contribution is -2.14. The number of ether oxygens (including phenoxy) is 1. The third-order valence-electron chi connectivity index (χ3n) is 1.88. The Morgan fingerprint density at radius 3 is 3.27 bits per heavy atom. The predicted molar refractivity (Wildman–Crippen MR) is 44.5 cm³/mol. The summed E-state index contributed by atoms with van der Waals surface area (Å²) in [4.78, 5) is 0. The first-order valence-corrected chi connectivity index (χ1v) is 3.77. The minimum Gasteiger partial charge on any atom is -0.362 e. The van der Waals surface area contributed by atoms with Crippen LogP contribution in [0.4, 0.5) is 5.69 Å². The topological polar surface area (TPSA) is 21.3 Å². The minimum absolute atomic E-state index is 0.635. The fourth-order valence-electron chi connectivity index (χ4n) is 1.30. The van der Waals surface area contributed by atoms with E-state index in [1.54, 1.807) is 0 Å². The molecule has 0 atom stereocenters. The van der Waals surface area contributed by atoms with Crippen LogP contribution in [-0.4, -0.2) is 6.73 Å². The molecule has 0 aromatic heterocycles. The summed E-state index contributed by atoms with van der Waals surface area (Å²) in [5.41, 5.74) is 3.76. The second-order valence-electron chi connectivity index (χ2n) is 2.83. The number of hydrogen-bond acceptors (Lipinski definition) is 2. The van der Waals surface area contributed by atoms with Crippen molar-refractivity contribution in [2.24, 2.45) is 0 Å². The van der Waals surface area contributed by atoms with Gasteiger partial charge in [-0.1, -0.05) is 17.7 Å². The summed E-state index contributed by atoms with van der Waals surface area (Å²) in [5, 5.41) is 3.17. The SMILES string of the molecule is Cc1ccc2c(c1)COCN2. The van der Waals surface area contributed by atoms with Gasteiger partial charge in [0.05, 0.1) is 6.61 Å². The molecule has 2 rings (SSSR count). The summed E-state index contributed by atoms with van der Waals surface area (Å²) in [7, 11) is 0. The van der Waals surface area contributed by atoms with Crippen LogP contribution >= 0.6 is 0 Å². The van der Waals surface area contributed by atoms with Gasteiger partial charge < -0.3 is 10.1 Å².